The van der Waals surface area contributed by atoms with Gasteiger partial charge < -0.3 is 20.4 Å². The Balaban J connectivity index is 1.66. The summed E-state index contributed by atoms with van der Waals surface area (Å²) in [6, 6.07) is 9.95. The number of carbonyl (C=O) groups is 1. The Bertz CT molecular complexity index is 799. The molecule has 1 aromatic carbocycles. The standard InChI is InChI=1S/C21H30N6O/c1-5-15(2)22-21-23-16(3)14-19(25-21)20(28)24-17-6-8-18(9-7-17)27-12-10-26(4)11-13-27/h6-9,14-15H,5,10-13H2,1-4H3,(H,24,28)(H,22,23,25). The largest absolute Gasteiger partial charge is 0.369 e. The average Bonchev–Trinajstić information content (AvgIpc) is 2.68. The first-order valence-corrected chi connectivity index (χ1v) is 9.91. The van der Waals surface area contributed by atoms with E-state index in [-0.39, 0.29) is 11.9 Å². The van der Waals surface area contributed by atoms with E-state index in [2.05, 4.69) is 63.4 Å². The Morgan fingerprint density at radius 2 is 1.82 bits per heavy atom. The van der Waals surface area contributed by atoms with Crippen LogP contribution in [0.2, 0.25) is 0 Å². The first-order chi connectivity index (χ1) is 13.4. The van der Waals surface area contributed by atoms with Gasteiger partial charge in [0.2, 0.25) is 5.95 Å². The Morgan fingerprint density at radius 1 is 1.14 bits per heavy atom. The second kappa shape index (κ2) is 9.01. The van der Waals surface area contributed by atoms with Gasteiger partial charge >= 0.3 is 0 Å². The molecule has 3 rings (SSSR count). The normalized spacial score (nSPS) is 15.9. The molecule has 1 aliphatic heterocycles. The first kappa shape index (κ1) is 20.1. The van der Waals surface area contributed by atoms with E-state index in [4.69, 9.17) is 0 Å². The van der Waals surface area contributed by atoms with E-state index in [1.165, 1.54) is 5.69 Å². The maximum atomic E-state index is 12.7. The molecule has 7 nitrogen and oxygen atoms in total. The molecule has 1 unspecified atom stereocenters. The molecule has 2 heterocycles. The van der Waals surface area contributed by atoms with Crippen LogP contribution in [0.3, 0.4) is 0 Å². The van der Waals surface area contributed by atoms with Gasteiger partial charge in [-0.25, -0.2) is 9.97 Å². The highest BCUT2D eigenvalue weighted by Gasteiger charge is 2.15. The highest BCUT2D eigenvalue weighted by atomic mass is 16.1. The first-order valence-electron chi connectivity index (χ1n) is 9.91. The van der Waals surface area contributed by atoms with Crippen molar-refractivity contribution in [3.05, 3.63) is 41.7 Å². The number of aromatic nitrogens is 2. The van der Waals surface area contributed by atoms with Crippen LogP contribution in [-0.2, 0) is 0 Å². The van der Waals surface area contributed by atoms with Gasteiger partial charge in [0.1, 0.15) is 5.69 Å². The molecule has 1 aliphatic rings. The molecule has 150 valence electrons. The second-order valence-corrected chi connectivity index (χ2v) is 7.46. The van der Waals surface area contributed by atoms with E-state index in [1.54, 1.807) is 6.07 Å². The van der Waals surface area contributed by atoms with Gasteiger partial charge in [0.15, 0.2) is 0 Å². The van der Waals surface area contributed by atoms with Crippen molar-refractivity contribution in [1.82, 2.24) is 14.9 Å². The van der Waals surface area contributed by atoms with Crippen molar-refractivity contribution in [2.45, 2.75) is 33.2 Å². The summed E-state index contributed by atoms with van der Waals surface area (Å²) in [5, 5.41) is 6.16. The molecule has 0 saturated carbocycles. The van der Waals surface area contributed by atoms with Crippen LogP contribution >= 0.6 is 0 Å². The SMILES string of the molecule is CCC(C)Nc1nc(C)cc(C(=O)Nc2ccc(N3CCN(C)CC3)cc2)n1. The fraction of sp³-hybridized carbons (Fsp3) is 0.476. The minimum absolute atomic E-state index is 0.231. The van der Waals surface area contributed by atoms with Crippen molar-refractivity contribution in [3.8, 4) is 0 Å². The summed E-state index contributed by atoms with van der Waals surface area (Å²) in [4.78, 5) is 26.1. The number of nitrogens with one attached hydrogen (secondary N) is 2. The number of aryl methyl sites for hydroxylation is 1. The maximum absolute atomic E-state index is 12.7. The number of benzene rings is 1. The van der Waals surface area contributed by atoms with E-state index in [0.717, 1.165) is 44.0 Å². The lowest BCUT2D eigenvalue weighted by molar-refractivity contribution is 0.102. The zero-order valence-electron chi connectivity index (χ0n) is 17.2. The van der Waals surface area contributed by atoms with E-state index >= 15 is 0 Å². The number of piperazine rings is 1. The molecule has 0 bridgehead atoms. The van der Waals surface area contributed by atoms with Gasteiger partial charge in [0.25, 0.3) is 5.91 Å². The molecule has 1 fully saturated rings. The molecule has 1 saturated heterocycles. The van der Waals surface area contributed by atoms with E-state index in [1.807, 2.05) is 19.1 Å². The third-order valence-electron chi connectivity index (χ3n) is 5.07. The molecule has 7 heteroatoms. The molecular weight excluding hydrogens is 352 g/mol. The minimum atomic E-state index is -0.231. The summed E-state index contributed by atoms with van der Waals surface area (Å²) in [5.41, 5.74) is 3.07. The van der Waals surface area contributed by atoms with Gasteiger partial charge in [-0.05, 0) is 57.6 Å². The number of anilines is 3. The Kier molecular flexibility index (Phi) is 6.46. The molecule has 0 aliphatic carbocycles. The van der Waals surface area contributed by atoms with Gasteiger partial charge in [0.05, 0.1) is 0 Å². The van der Waals surface area contributed by atoms with Crippen LogP contribution in [0, 0.1) is 6.92 Å². The van der Waals surface area contributed by atoms with Crippen molar-refractivity contribution in [2.75, 3.05) is 48.8 Å². The minimum Gasteiger partial charge on any atom is -0.369 e. The highest BCUT2D eigenvalue weighted by molar-refractivity contribution is 6.03. The molecule has 1 atom stereocenters. The van der Waals surface area contributed by atoms with Gasteiger partial charge in [-0.3, -0.25) is 4.79 Å². The number of likely N-dealkylation sites (N-methyl/N-ethyl adjacent to an activating group) is 1. The smallest absolute Gasteiger partial charge is 0.274 e. The number of rotatable bonds is 6. The van der Waals surface area contributed by atoms with Crippen molar-refractivity contribution in [3.63, 3.8) is 0 Å². The zero-order chi connectivity index (χ0) is 20.1. The number of hydrogen-bond donors (Lipinski definition) is 2. The van der Waals surface area contributed by atoms with Crippen molar-refractivity contribution in [2.24, 2.45) is 0 Å². The Labute approximate surface area is 167 Å². The molecule has 28 heavy (non-hydrogen) atoms. The van der Waals surface area contributed by atoms with E-state index in [0.29, 0.717) is 11.6 Å². The Morgan fingerprint density at radius 3 is 2.46 bits per heavy atom. The summed E-state index contributed by atoms with van der Waals surface area (Å²) in [5.74, 6) is 0.259. The van der Waals surface area contributed by atoms with Crippen molar-refractivity contribution < 1.29 is 4.79 Å². The van der Waals surface area contributed by atoms with E-state index < -0.39 is 0 Å². The maximum Gasteiger partial charge on any atom is 0.274 e. The summed E-state index contributed by atoms with van der Waals surface area (Å²) in [6.45, 7) is 10.2. The predicted octanol–water partition coefficient (Wildman–Crippen LogP) is 3.00. The molecule has 2 N–H and O–H groups in total. The lowest BCUT2D eigenvalue weighted by Crippen LogP contribution is -2.44. The topological polar surface area (TPSA) is 73.4 Å². The van der Waals surface area contributed by atoms with Crippen LogP contribution in [0.15, 0.2) is 30.3 Å². The second-order valence-electron chi connectivity index (χ2n) is 7.46. The van der Waals surface area contributed by atoms with Gasteiger partial charge in [-0.2, -0.15) is 0 Å². The lowest BCUT2D eigenvalue weighted by Gasteiger charge is -2.34. The number of carbonyl (C=O) groups excluding carboxylic acids is 1. The molecule has 0 radical (unpaired) electrons. The quantitative estimate of drug-likeness (QED) is 0.800. The summed E-state index contributed by atoms with van der Waals surface area (Å²) < 4.78 is 0. The average molecular weight is 383 g/mol. The monoisotopic (exact) mass is 382 g/mol. The van der Waals surface area contributed by atoms with Crippen LogP contribution in [-0.4, -0.2) is 60.0 Å². The predicted molar refractivity (Wildman–Crippen MR) is 114 cm³/mol. The van der Waals surface area contributed by atoms with E-state index in [9.17, 15) is 4.79 Å². The van der Waals surface area contributed by atoms with Gasteiger partial charge in [-0.15, -0.1) is 0 Å². The Hall–Kier alpha value is -2.67. The van der Waals surface area contributed by atoms with Crippen LogP contribution in [0.5, 0.6) is 0 Å². The molecular formula is C21H30N6O. The third kappa shape index (κ3) is 5.19. The molecule has 0 spiro atoms. The molecule has 2 aromatic rings. The van der Waals surface area contributed by atoms with Crippen LogP contribution in [0.4, 0.5) is 17.3 Å². The fourth-order valence-corrected chi connectivity index (χ4v) is 3.09. The molecule has 1 aromatic heterocycles. The third-order valence-corrected chi connectivity index (χ3v) is 5.07. The summed E-state index contributed by atoms with van der Waals surface area (Å²) >= 11 is 0. The number of amides is 1. The summed E-state index contributed by atoms with van der Waals surface area (Å²) in [6.07, 6.45) is 0.957. The lowest BCUT2D eigenvalue weighted by atomic mass is 10.2. The van der Waals surface area contributed by atoms with Crippen molar-refractivity contribution >= 4 is 23.2 Å². The van der Waals surface area contributed by atoms with Crippen LogP contribution in [0.1, 0.15) is 36.5 Å². The fourth-order valence-electron chi connectivity index (χ4n) is 3.09. The van der Waals surface area contributed by atoms with Gasteiger partial charge in [-0.1, -0.05) is 6.92 Å². The molecule has 1 amide bonds. The van der Waals surface area contributed by atoms with Gasteiger partial charge in [0, 0.05) is 49.3 Å². The van der Waals surface area contributed by atoms with Crippen LogP contribution < -0.4 is 15.5 Å². The van der Waals surface area contributed by atoms with Crippen molar-refractivity contribution in [1.29, 1.82) is 0 Å². The van der Waals surface area contributed by atoms with Crippen LogP contribution in [0.25, 0.3) is 0 Å². The summed E-state index contributed by atoms with van der Waals surface area (Å²) in [7, 11) is 2.15. The number of hydrogen-bond acceptors (Lipinski definition) is 6. The number of nitrogens with zero attached hydrogens (tertiary/aromatic N) is 4. The highest BCUT2D eigenvalue weighted by Crippen LogP contribution is 2.20. The zero-order valence-corrected chi connectivity index (χ0v) is 17.2.